The van der Waals surface area contributed by atoms with E-state index in [0.29, 0.717) is 0 Å². The third-order valence-corrected chi connectivity index (χ3v) is 2.17. The van der Waals surface area contributed by atoms with E-state index in [2.05, 4.69) is 11.5 Å². The fourth-order valence-electron chi connectivity index (χ4n) is 1.47. The average Bonchev–Trinajstić information content (AvgIpc) is 2.17. The van der Waals surface area contributed by atoms with Crippen LogP contribution in [0.2, 0.25) is 0 Å². The number of hydrogen-bond acceptors (Lipinski definition) is 2. The lowest BCUT2D eigenvalue weighted by atomic mass is 10.1. The van der Waals surface area contributed by atoms with Crippen LogP contribution in [0.15, 0.2) is 30.9 Å². The first kappa shape index (κ1) is 10.5. The summed E-state index contributed by atoms with van der Waals surface area (Å²) in [6.07, 6.45) is 2.72. The van der Waals surface area contributed by atoms with Gasteiger partial charge in [-0.1, -0.05) is 6.08 Å². The maximum absolute atomic E-state index is 10.5. The predicted octanol–water partition coefficient (Wildman–Crippen LogP) is 2.43. The monoisotopic (exact) mass is 189 g/mol. The molecule has 0 heterocycles. The van der Waals surface area contributed by atoms with Gasteiger partial charge in [0.05, 0.1) is 0 Å². The summed E-state index contributed by atoms with van der Waals surface area (Å²) in [4.78, 5) is 12.6. The summed E-state index contributed by atoms with van der Waals surface area (Å²) in [5, 5.41) is 0. The zero-order valence-electron chi connectivity index (χ0n) is 8.66. The van der Waals surface area contributed by atoms with Crippen molar-refractivity contribution in [2.75, 3.05) is 18.5 Å². The van der Waals surface area contributed by atoms with Crippen molar-refractivity contribution in [2.45, 2.75) is 6.92 Å². The summed E-state index contributed by atoms with van der Waals surface area (Å²) in [5.74, 6) is 0. The molecule has 0 N–H and O–H groups in total. The van der Waals surface area contributed by atoms with Crippen LogP contribution >= 0.6 is 0 Å². The molecule has 74 valence electrons. The van der Waals surface area contributed by atoms with Crippen LogP contribution in [0.3, 0.4) is 0 Å². The second-order valence-electron chi connectivity index (χ2n) is 3.33. The number of likely N-dealkylation sites (N-methyl/N-ethyl adjacent to an activating group) is 1. The Morgan fingerprint density at radius 1 is 1.50 bits per heavy atom. The highest BCUT2D eigenvalue weighted by Gasteiger charge is 2.03. The van der Waals surface area contributed by atoms with Crippen LogP contribution in [0, 0.1) is 6.92 Å². The molecule has 2 heteroatoms. The van der Waals surface area contributed by atoms with Crippen molar-refractivity contribution in [2.24, 2.45) is 0 Å². The van der Waals surface area contributed by atoms with Crippen molar-refractivity contribution >= 4 is 12.0 Å². The molecule has 0 atom stereocenters. The van der Waals surface area contributed by atoms with Crippen LogP contribution in [-0.2, 0) is 0 Å². The van der Waals surface area contributed by atoms with Crippen LogP contribution in [-0.4, -0.2) is 19.9 Å². The van der Waals surface area contributed by atoms with Crippen LogP contribution in [0.1, 0.15) is 15.9 Å². The predicted molar refractivity (Wildman–Crippen MR) is 60.0 cm³/mol. The van der Waals surface area contributed by atoms with Gasteiger partial charge in [0, 0.05) is 24.8 Å². The number of rotatable bonds is 4. The first-order valence-electron chi connectivity index (χ1n) is 4.57. The Labute approximate surface area is 84.9 Å². The molecule has 0 aliphatic carbocycles. The highest BCUT2D eigenvalue weighted by molar-refractivity contribution is 5.76. The van der Waals surface area contributed by atoms with Crippen molar-refractivity contribution in [1.82, 2.24) is 0 Å². The summed E-state index contributed by atoms with van der Waals surface area (Å²) in [5.41, 5.74) is 2.97. The van der Waals surface area contributed by atoms with Crippen molar-refractivity contribution in [3.63, 3.8) is 0 Å². The zero-order chi connectivity index (χ0) is 10.6. The Hall–Kier alpha value is -1.57. The molecule has 0 saturated heterocycles. The SMILES string of the molecule is C=CCN(C)c1ccc(C=O)cc1C. The van der Waals surface area contributed by atoms with Gasteiger partial charge in [0.2, 0.25) is 0 Å². The highest BCUT2D eigenvalue weighted by Crippen LogP contribution is 2.19. The molecule has 0 aromatic heterocycles. The Kier molecular flexibility index (Phi) is 3.46. The molecule has 0 aliphatic heterocycles. The van der Waals surface area contributed by atoms with Crippen molar-refractivity contribution in [3.05, 3.63) is 42.0 Å². The molecule has 0 spiro atoms. The first-order valence-corrected chi connectivity index (χ1v) is 4.57. The number of aldehydes is 1. The maximum atomic E-state index is 10.5. The second-order valence-corrected chi connectivity index (χ2v) is 3.33. The van der Waals surface area contributed by atoms with E-state index in [1.54, 1.807) is 0 Å². The summed E-state index contributed by atoms with van der Waals surface area (Å²) in [6.45, 7) is 6.50. The second kappa shape index (κ2) is 4.61. The van der Waals surface area contributed by atoms with E-state index in [1.807, 2.05) is 38.2 Å². The molecular weight excluding hydrogens is 174 g/mol. The average molecular weight is 189 g/mol. The Morgan fingerprint density at radius 3 is 2.71 bits per heavy atom. The first-order chi connectivity index (χ1) is 6.69. The number of hydrogen-bond donors (Lipinski definition) is 0. The molecule has 0 fully saturated rings. The smallest absolute Gasteiger partial charge is 0.150 e. The van der Waals surface area contributed by atoms with Gasteiger partial charge < -0.3 is 4.90 Å². The largest absolute Gasteiger partial charge is 0.371 e. The number of carbonyl (C=O) groups excluding carboxylic acids is 1. The summed E-state index contributed by atoms with van der Waals surface area (Å²) in [7, 11) is 2.00. The van der Waals surface area contributed by atoms with E-state index >= 15 is 0 Å². The maximum Gasteiger partial charge on any atom is 0.150 e. The van der Waals surface area contributed by atoms with Crippen molar-refractivity contribution < 1.29 is 4.79 Å². The standard InChI is InChI=1S/C12H15NO/c1-4-7-13(3)12-6-5-11(9-14)8-10(12)2/h4-6,8-9H,1,7H2,2-3H3. The van der Waals surface area contributed by atoms with E-state index in [1.165, 1.54) is 0 Å². The third-order valence-electron chi connectivity index (χ3n) is 2.17. The van der Waals surface area contributed by atoms with Gasteiger partial charge >= 0.3 is 0 Å². The third kappa shape index (κ3) is 2.22. The number of carbonyl (C=O) groups is 1. The lowest BCUT2D eigenvalue weighted by Crippen LogP contribution is -2.17. The molecule has 1 aromatic rings. The Morgan fingerprint density at radius 2 is 2.21 bits per heavy atom. The number of anilines is 1. The normalized spacial score (nSPS) is 9.57. The van der Waals surface area contributed by atoms with Crippen LogP contribution in [0.4, 0.5) is 5.69 Å². The molecule has 0 unspecified atom stereocenters. The molecule has 14 heavy (non-hydrogen) atoms. The van der Waals surface area contributed by atoms with E-state index < -0.39 is 0 Å². The fourth-order valence-corrected chi connectivity index (χ4v) is 1.47. The minimum atomic E-state index is 0.721. The molecule has 0 saturated carbocycles. The molecule has 0 bridgehead atoms. The van der Waals surface area contributed by atoms with Crippen LogP contribution < -0.4 is 4.90 Å². The summed E-state index contributed by atoms with van der Waals surface area (Å²) in [6, 6.07) is 5.68. The van der Waals surface area contributed by atoms with Crippen LogP contribution in [0.25, 0.3) is 0 Å². The van der Waals surface area contributed by atoms with Crippen molar-refractivity contribution in [1.29, 1.82) is 0 Å². The lowest BCUT2D eigenvalue weighted by molar-refractivity contribution is 0.112. The van der Waals surface area contributed by atoms with Gasteiger partial charge in [-0.05, 0) is 30.7 Å². The van der Waals surface area contributed by atoms with Gasteiger partial charge in [0.1, 0.15) is 6.29 Å². The van der Waals surface area contributed by atoms with Crippen molar-refractivity contribution in [3.8, 4) is 0 Å². The van der Waals surface area contributed by atoms with E-state index in [9.17, 15) is 4.79 Å². The zero-order valence-corrected chi connectivity index (χ0v) is 8.66. The highest BCUT2D eigenvalue weighted by atomic mass is 16.1. The van der Waals surface area contributed by atoms with Crippen LogP contribution in [0.5, 0.6) is 0 Å². The topological polar surface area (TPSA) is 20.3 Å². The number of benzene rings is 1. The minimum absolute atomic E-state index is 0.721. The molecule has 0 aliphatic rings. The van der Waals surface area contributed by atoms with Gasteiger partial charge in [-0.3, -0.25) is 4.79 Å². The Bertz CT molecular complexity index is 344. The fraction of sp³-hybridized carbons (Fsp3) is 0.250. The van der Waals surface area contributed by atoms with E-state index in [0.717, 1.165) is 29.6 Å². The molecule has 1 aromatic carbocycles. The van der Waals surface area contributed by atoms with Gasteiger partial charge in [-0.2, -0.15) is 0 Å². The molecule has 0 amide bonds. The molecule has 2 nitrogen and oxygen atoms in total. The van der Waals surface area contributed by atoms with Gasteiger partial charge in [0.25, 0.3) is 0 Å². The molecule has 1 rings (SSSR count). The summed E-state index contributed by atoms with van der Waals surface area (Å²) < 4.78 is 0. The van der Waals surface area contributed by atoms with E-state index in [4.69, 9.17) is 0 Å². The quantitative estimate of drug-likeness (QED) is 0.535. The molecular formula is C12H15NO. The van der Waals surface area contributed by atoms with Gasteiger partial charge in [0.15, 0.2) is 0 Å². The lowest BCUT2D eigenvalue weighted by Gasteiger charge is -2.19. The number of nitrogens with zero attached hydrogens (tertiary/aromatic N) is 1. The number of aryl methyl sites for hydroxylation is 1. The summed E-state index contributed by atoms with van der Waals surface area (Å²) >= 11 is 0. The van der Waals surface area contributed by atoms with E-state index in [-0.39, 0.29) is 0 Å². The van der Waals surface area contributed by atoms with Gasteiger partial charge in [-0.15, -0.1) is 6.58 Å². The Balaban J connectivity index is 2.98. The molecule has 0 radical (unpaired) electrons. The minimum Gasteiger partial charge on any atom is -0.371 e. The van der Waals surface area contributed by atoms with Gasteiger partial charge in [-0.25, -0.2) is 0 Å².